The van der Waals surface area contributed by atoms with Crippen LogP contribution in [0.15, 0.2) is 46.9 Å². The van der Waals surface area contributed by atoms with Crippen molar-refractivity contribution < 1.29 is 4.79 Å². The van der Waals surface area contributed by atoms with Crippen LogP contribution in [-0.2, 0) is 11.2 Å². The number of benzene rings is 2. The van der Waals surface area contributed by atoms with Gasteiger partial charge in [0.2, 0.25) is 5.91 Å². The first-order chi connectivity index (χ1) is 10.6. The van der Waals surface area contributed by atoms with E-state index in [0.29, 0.717) is 5.02 Å². The minimum Gasteiger partial charge on any atom is -0.375 e. The van der Waals surface area contributed by atoms with E-state index in [0.717, 1.165) is 23.0 Å². The van der Waals surface area contributed by atoms with Crippen LogP contribution in [0.1, 0.15) is 23.6 Å². The second kappa shape index (κ2) is 6.71. The molecule has 114 valence electrons. The minimum atomic E-state index is -0.0299. The third-order valence-electron chi connectivity index (χ3n) is 3.86. The first-order valence-corrected chi connectivity index (χ1v) is 8.37. The molecule has 0 saturated heterocycles. The normalized spacial score (nSPS) is 16.2. The Balaban J connectivity index is 1.60. The van der Waals surface area contributed by atoms with Crippen molar-refractivity contribution in [3.63, 3.8) is 0 Å². The third-order valence-corrected chi connectivity index (χ3v) is 4.93. The van der Waals surface area contributed by atoms with E-state index in [-0.39, 0.29) is 18.5 Å². The van der Waals surface area contributed by atoms with Gasteiger partial charge in [-0.2, -0.15) is 0 Å². The molecule has 3 nitrogen and oxygen atoms in total. The van der Waals surface area contributed by atoms with Crippen LogP contribution in [0.3, 0.4) is 0 Å². The minimum absolute atomic E-state index is 0.0299. The summed E-state index contributed by atoms with van der Waals surface area (Å²) in [6, 6.07) is 13.6. The van der Waals surface area contributed by atoms with E-state index in [9.17, 15) is 4.79 Å². The van der Waals surface area contributed by atoms with Crippen LogP contribution in [0.2, 0.25) is 5.02 Å². The molecule has 1 aliphatic carbocycles. The number of hydrogen-bond donors (Lipinski definition) is 2. The lowest BCUT2D eigenvalue weighted by Gasteiger charge is -2.15. The number of amides is 1. The molecule has 1 atom stereocenters. The van der Waals surface area contributed by atoms with Crippen molar-refractivity contribution in [3.05, 3.63) is 63.1 Å². The average molecular weight is 380 g/mol. The maximum Gasteiger partial charge on any atom is 0.239 e. The molecule has 0 bridgehead atoms. The number of hydrogen-bond acceptors (Lipinski definition) is 2. The number of rotatable bonds is 4. The van der Waals surface area contributed by atoms with Gasteiger partial charge in [0, 0.05) is 4.47 Å². The number of halogens is 2. The molecule has 0 saturated carbocycles. The predicted octanol–water partition coefficient (Wildman–Crippen LogP) is 4.32. The number of fused-ring (bicyclic) bond motifs is 1. The summed E-state index contributed by atoms with van der Waals surface area (Å²) >= 11 is 9.63. The fourth-order valence-corrected chi connectivity index (χ4v) is 3.57. The van der Waals surface area contributed by atoms with Gasteiger partial charge in [0.05, 0.1) is 23.3 Å². The monoisotopic (exact) mass is 378 g/mol. The fraction of sp³-hybridized carbons (Fsp3) is 0.235. The molecule has 22 heavy (non-hydrogen) atoms. The molecule has 0 heterocycles. The molecular weight excluding hydrogens is 364 g/mol. The quantitative estimate of drug-likeness (QED) is 0.831. The topological polar surface area (TPSA) is 41.1 Å². The molecule has 1 unspecified atom stereocenters. The number of carbonyl (C=O) groups excluding carboxylic acids is 1. The van der Waals surface area contributed by atoms with Crippen molar-refractivity contribution in [2.24, 2.45) is 0 Å². The van der Waals surface area contributed by atoms with Crippen LogP contribution in [0, 0.1) is 0 Å². The molecule has 0 aliphatic heterocycles. The summed E-state index contributed by atoms with van der Waals surface area (Å²) in [4.78, 5) is 12.1. The first-order valence-electron chi connectivity index (χ1n) is 7.20. The van der Waals surface area contributed by atoms with Crippen LogP contribution >= 0.6 is 27.5 Å². The van der Waals surface area contributed by atoms with Crippen molar-refractivity contribution in [1.29, 1.82) is 0 Å². The van der Waals surface area contributed by atoms with E-state index >= 15 is 0 Å². The van der Waals surface area contributed by atoms with Crippen LogP contribution < -0.4 is 10.6 Å². The van der Waals surface area contributed by atoms with Gasteiger partial charge in [-0.05, 0) is 42.2 Å². The van der Waals surface area contributed by atoms with Crippen LogP contribution in [0.4, 0.5) is 5.69 Å². The Bertz CT molecular complexity index is 705. The molecule has 3 rings (SSSR count). The van der Waals surface area contributed by atoms with Crippen LogP contribution in [0.25, 0.3) is 0 Å². The zero-order valence-corrected chi connectivity index (χ0v) is 14.2. The summed E-state index contributed by atoms with van der Waals surface area (Å²) in [5.41, 5.74) is 3.28. The lowest BCUT2D eigenvalue weighted by molar-refractivity contribution is -0.120. The summed E-state index contributed by atoms with van der Waals surface area (Å²) in [6.45, 7) is 0.212. The van der Waals surface area contributed by atoms with Gasteiger partial charge in [-0.25, -0.2) is 0 Å². The second-order valence-corrected chi connectivity index (χ2v) is 6.56. The number of nitrogens with one attached hydrogen (secondary N) is 2. The van der Waals surface area contributed by atoms with E-state index in [1.165, 1.54) is 11.1 Å². The van der Waals surface area contributed by atoms with Gasteiger partial charge in [0.1, 0.15) is 0 Å². The van der Waals surface area contributed by atoms with Gasteiger partial charge in [-0.15, -0.1) is 0 Å². The molecule has 2 aromatic rings. The molecule has 1 amide bonds. The summed E-state index contributed by atoms with van der Waals surface area (Å²) < 4.78 is 1.12. The highest BCUT2D eigenvalue weighted by atomic mass is 79.9. The average Bonchev–Trinajstić information content (AvgIpc) is 2.91. The van der Waals surface area contributed by atoms with Crippen molar-refractivity contribution in [1.82, 2.24) is 5.32 Å². The Hall–Kier alpha value is -1.52. The lowest BCUT2D eigenvalue weighted by atomic mass is 10.1. The van der Waals surface area contributed by atoms with Crippen LogP contribution in [0.5, 0.6) is 0 Å². The summed E-state index contributed by atoms with van der Waals surface area (Å²) in [5, 5.41) is 6.77. The van der Waals surface area contributed by atoms with Crippen molar-refractivity contribution >= 4 is 39.1 Å². The highest BCUT2D eigenvalue weighted by molar-refractivity contribution is 9.10. The number of carbonyl (C=O) groups is 1. The first kappa shape index (κ1) is 15.4. The Morgan fingerprint density at radius 1 is 1.23 bits per heavy atom. The molecule has 0 fully saturated rings. The van der Waals surface area contributed by atoms with Gasteiger partial charge in [0.25, 0.3) is 0 Å². The van der Waals surface area contributed by atoms with Crippen molar-refractivity contribution in [3.8, 4) is 0 Å². The zero-order valence-electron chi connectivity index (χ0n) is 11.9. The van der Waals surface area contributed by atoms with E-state index in [4.69, 9.17) is 11.6 Å². The molecular formula is C17H16BrClN2O. The van der Waals surface area contributed by atoms with Gasteiger partial charge in [-0.1, -0.05) is 51.8 Å². The molecule has 0 aromatic heterocycles. The molecule has 5 heteroatoms. The maximum atomic E-state index is 12.1. The fourth-order valence-electron chi connectivity index (χ4n) is 2.79. The van der Waals surface area contributed by atoms with Gasteiger partial charge in [0.15, 0.2) is 0 Å². The van der Waals surface area contributed by atoms with Gasteiger partial charge in [-0.3, -0.25) is 4.79 Å². The van der Waals surface area contributed by atoms with E-state index in [1.807, 2.05) is 30.3 Å². The molecule has 0 radical (unpaired) electrons. The highest BCUT2D eigenvalue weighted by Crippen LogP contribution is 2.35. The van der Waals surface area contributed by atoms with Crippen molar-refractivity contribution in [2.45, 2.75) is 18.9 Å². The summed E-state index contributed by atoms with van der Waals surface area (Å²) in [6.07, 6.45) is 1.93. The molecule has 1 aliphatic rings. The van der Waals surface area contributed by atoms with Crippen molar-refractivity contribution in [2.75, 3.05) is 11.9 Å². The highest BCUT2D eigenvalue weighted by Gasteiger charge is 2.25. The van der Waals surface area contributed by atoms with E-state index in [1.54, 1.807) is 6.07 Å². The second-order valence-electron chi connectivity index (χ2n) is 5.30. The maximum absolute atomic E-state index is 12.1. The predicted molar refractivity (Wildman–Crippen MR) is 93.3 cm³/mol. The third kappa shape index (κ3) is 3.28. The molecule has 2 N–H and O–H groups in total. The Labute approximate surface area is 143 Å². The van der Waals surface area contributed by atoms with Gasteiger partial charge >= 0.3 is 0 Å². The lowest BCUT2D eigenvalue weighted by Crippen LogP contribution is -2.32. The summed E-state index contributed by atoms with van der Waals surface area (Å²) in [7, 11) is 0. The Morgan fingerprint density at radius 2 is 2.05 bits per heavy atom. The Kier molecular flexibility index (Phi) is 4.69. The SMILES string of the molecule is O=C(CNc1ccccc1Cl)NC1CCc2c(Br)cccc21. The Morgan fingerprint density at radius 3 is 2.86 bits per heavy atom. The van der Waals surface area contributed by atoms with Gasteiger partial charge < -0.3 is 10.6 Å². The summed E-state index contributed by atoms with van der Waals surface area (Å²) in [5.74, 6) is -0.0299. The zero-order chi connectivity index (χ0) is 15.5. The van der Waals surface area contributed by atoms with Crippen LogP contribution in [-0.4, -0.2) is 12.5 Å². The standard InChI is InChI=1S/C17H16BrClN2O/c18-13-5-3-4-12-11(13)8-9-15(12)21-17(22)10-20-16-7-2-1-6-14(16)19/h1-7,15,20H,8-10H2,(H,21,22). The number of anilines is 1. The van der Waals surface area contributed by atoms with E-state index < -0.39 is 0 Å². The van der Waals surface area contributed by atoms with E-state index in [2.05, 4.69) is 32.6 Å². The molecule has 2 aromatic carbocycles. The number of para-hydroxylation sites is 1. The smallest absolute Gasteiger partial charge is 0.239 e. The molecule has 0 spiro atoms. The largest absolute Gasteiger partial charge is 0.375 e.